The fraction of sp³-hybridized carbons (Fsp3) is 0.538. The van der Waals surface area contributed by atoms with Crippen molar-refractivity contribution in [2.24, 2.45) is 0 Å². The van der Waals surface area contributed by atoms with Crippen molar-refractivity contribution in [3.05, 3.63) is 24.4 Å². The van der Waals surface area contributed by atoms with Crippen molar-refractivity contribution in [1.29, 1.82) is 0 Å². The third-order valence-electron chi connectivity index (χ3n) is 4.24. The molecule has 0 aliphatic carbocycles. The first-order valence-electron chi connectivity index (χ1n) is 7.72. The van der Waals surface area contributed by atoms with E-state index in [-0.39, 0.29) is 6.04 Å². The van der Waals surface area contributed by atoms with E-state index in [0.29, 0.717) is 11.9 Å². The van der Waals surface area contributed by atoms with Crippen LogP contribution in [0.4, 0.5) is 0 Å². The molecule has 1 aliphatic heterocycles. The second-order valence-electron chi connectivity index (χ2n) is 5.67. The molecular formula is C13H18N10. The summed E-state index contributed by atoms with van der Waals surface area (Å²) >= 11 is 0. The van der Waals surface area contributed by atoms with E-state index in [4.69, 9.17) is 0 Å². The van der Waals surface area contributed by atoms with Gasteiger partial charge in [-0.1, -0.05) is 10.4 Å². The Morgan fingerprint density at radius 3 is 2.91 bits per heavy atom. The minimum atomic E-state index is -0.0877. The Morgan fingerprint density at radius 1 is 1.26 bits per heavy atom. The number of aromatic amines is 1. The van der Waals surface area contributed by atoms with Gasteiger partial charge in [-0.2, -0.15) is 5.21 Å². The maximum atomic E-state index is 4.42. The number of nitrogens with zero attached hydrogens (tertiary/aromatic N) is 8. The minimum absolute atomic E-state index is 0.0877. The molecule has 120 valence electrons. The van der Waals surface area contributed by atoms with Crippen molar-refractivity contribution in [1.82, 2.24) is 50.5 Å². The zero-order valence-electron chi connectivity index (χ0n) is 12.8. The lowest BCUT2D eigenvalue weighted by Crippen LogP contribution is -2.29. The number of aromatic nitrogens is 9. The summed E-state index contributed by atoms with van der Waals surface area (Å²) in [6.07, 6.45) is 7.74. The van der Waals surface area contributed by atoms with Crippen LogP contribution in [0, 0.1) is 0 Å². The highest BCUT2D eigenvalue weighted by atomic mass is 15.5. The van der Waals surface area contributed by atoms with E-state index >= 15 is 0 Å². The molecule has 10 heteroatoms. The Labute approximate surface area is 132 Å². The number of hydrogen-bond donors (Lipinski definition) is 2. The predicted octanol–water partition coefficient (Wildman–Crippen LogP) is 0.188. The van der Waals surface area contributed by atoms with Gasteiger partial charge in [-0.25, -0.2) is 9.67 Å². The van der Waals surface area contributed by atoms with Gasteiger partial charge >= 0.3 is 0 Å². The number of H-pyrrole nitrogens is 1. The van der Waals surface area contributed by atoms with E-state index < -0.39 is 0 Å². The highest BCUT2D eigenvalue weighted by Gasteiger charge is 2.21. The van der Waals surface area contributed by atoms with Crippen LogP contribution in [-0.4, -0.2) is 58.3 Å². The maximum absolute atomic E-state index is 4.42. The van der Waals surface area contributed by atoms with Gasteiger partial charge in [0.15, 0.2) is 11.6 Å². The number of piperidine rings is 1. The van der Waals surface area contributed by atoms with Gasteiger partial charge in [0.2, 0.25) is 0 Å². The second-order valence-corrected chi connectivity index (χ2v) is 5.67. The summed E-state index contributed by atoms with van der Waals surface area (Å²) in [5.41, 5.74) is 0.754. The molecule has 4 heterocycles. The quantitative estimate of drug-likeness (QED) is 0.706. The van der Waals surface area contributed by atoms with Gasteiger partial charge < -0.3 is 9.88 Å². The van der Waals surface area contributed by atoms with Crippen LogP contribution in [-0.2, 0) is 0 Å². The van der Waals surface area contributed by atoms with Gasteiger partial charge in [-0.15, -0.1) is 15.3 Å². The van der Waals surface area contributed by atoms with Gasteiger partial charge in [-0.05, 0) is 32.9 Å². The first-order chi connectivity index (χ1) is 11.3. The maximum Gasteiger partial charge on any atom is 0.197 e. The van der Waals surface area contributed by atoms with Crippen LogP contribution in [0.3, 0.4) is 0 Å². The molecule has 4 rings (SSSR count). The number of hydrogen-bond acceptors (Lipinski definition) is 7. The first-order valence-corrected chi connectivity index (χ1v) is 7.72. The van der Waals surface area contributed by atoms with E-state index in [9.17, 15) is 0 Å². The predicted molar refractivity (Wildman–Crippen MR) is 80.4 cm³/mol. The van der Waals surface area contributed by atoms with Gasteiger partial charge in [0.25, 0.3) is 0 Å². The molecule has 10 nitrogen and oxygen atoms in total. The number of tetrazole rings is 1. The van der Waals surface area contributed by atoms with Gasteiger partial charge in [-0.3, -0.25) is 0 Å². The summed E-state index contributed by atoms with van der Waals surface area (Å²) in [7, 11) is 0. The fourth-order valence-electron chi connectivity index (χ4n) is 2.92. The summed E-state index contributed by atoms with van der Waals surface area (Å²) in [4.78, 5) is 4.42. The lowest BCUT2D eigenvalue weighted by atomic mass is 10.1. The summed E-state index contributed by atoms with van der Waals surface area (Å²) in [5.74, 6) is 1.36. The van der Waals surface area contributed by atoms with Crippen LogP contribution in [0.25, 0.3) is 11.5 Å². The molecule has 3 aromatic heterocycles. The summed E-state index contributed by atoms with van der Waals surface area (Å²) in [6, 6.07) is 0.311. The Balaban J connectivity index is 1.62. The standard InChI is InChI=1S/C13H18N10/c1-9(12-17-19-20-18-12)22-7-6-15-13(22)11-8-23(21-16-11)10-2-4-14-5-3-10/h6-10,14H,2-5H2,1H3,(H,17,18,19,20)/t9-/m1/s1. The van der Waals surface area contributed by atoms with Crippen LogP contribution in [0.1, 0.15) is 37.7 Å². The molecule has 0 radical (unpaired) electrons. The monoisotopic (exact) mass is 314 g/mol. The SMILES string of the molecule is C[C@H](c1nn[nH]n1)n1ccnc1-c1cn(C2CCNCC2)nn1. The van der Waals surface area contributed by atoms with Crippen LogP contribution in [0.15, 0.2) is 18.6 Å². The zero-order valence-corrected chi connectivity index (χ0v) is 12.8. The van der Waals surface area contributed by atoms with Crippen molar-refractivity contribution in [2.75, 3.05) is 13.1 Å². The van der Waals surface area contributed by atoms with Crippen LogP contribution in [0.5, 0.6) is 0 Å². The van der Waals surface area contributed by atoms with Crippen molar-refractivity contribution in [2.45, 2.75) is 31.8 Å². The fourth-order valence-corrected chi connectivity index (χ4v) is 2.92. The Morgan fingerprint density at radius 2 is 2.13 bits per heavy atom. The van der Waals surface area contributed by atoms with Gasteiger partial charge in [0.1, 0.15) is 5.69 Å². The number of imidazole rings is 1. The van der Waals surface area contributed by atoms with E-state index in [2.05, 4.69) is 41.2 Å². The van der Waals surface area contributed by atoms with E-state index in [1.807, 2.05) is 28.6 Å². The number of rotatable bonds is 4. The molecule has 0 saturated carbocycles. The highest BCUT2D eigenvalue weighted by molar-refractivity contribution is 5.48. The highest BCUT2D eigenvalue weighted by Crippen LogP contribution is 2.24. The lowest BCUT2D eigenvalue weighted by molar-refractivity contribution is 0.337. The molecule has 0 unspecified atom stereocenters. The first kappa shape index (κ1) is 14.0. The molecule has 0 spiro atoms. The average molecular weight is 314 g/mol. The molecule has 1 fully saturated rings. The van der Waals surface area contributed by atoms with E-state index in [1.54, 1.807) is 6.20 Å². The van der Waals surface area contributed by atoms with Crippen molar-refractivity contribution in [3.63, 3.8) is 0 Å². The zero-order chi connectivity index (χ0) is 15.6. The van der Waals surface area contributed by atoms with Gasteiger partial charge in [0.05, 0.1) is 18.3 Å². The molecule has 0 bridgehead atoms. The van der Waals surface area contributed by atoms with Crippen molar-refractivity contribution < 1.29 is 0 Å². The normalized spacial score (nSPS) is 17.4. The molecule has 1 saturated heterocycles. The van der Waals surface area contributed by atoms with Gasteiger partial charge in [0, 0.05) is 12.4 Å². The van der Waals surface area contributed by atoms with E-state index in [0.717, 1.165) is 37.4 Å². The smallest absolute Gasteiger partial charge is 0.197 e. The van der Waals surface area contributed by atoms with E-state index in [1.165, 1.54) is 0 Å². The largest absolute Gasteiger partial charge is 0.319 e. The molecule has 1 aliphatic rings. The van der Waals surface area contributed by atoms with Crippen molar-refractivity contribution >= 4 is 0 Å². The average Bonchev–Trinajstić information content (AvgIpc) is 3.35. The number of nitrogens with one attached hydrogen (secondary N) is 2. The molecule has 3 aromatic rings. The molecule has 0 amide bonds. The Hall–Kier alpha value is -2.62. The lowest BCUT2D eigenvalue weighted by Gasteiger charge is -2.22. The van der Waals surface area contributed by atoms with Crippen molar-refractivity contribution in [3.8, 4) is 11.5 Å². The molecule has 1 atom stereocenters. The molecular weight excluding hydrogens is 296 g/mol. The Kier molecular flexibility index (Phi) is 3.58. The molecule has 2 N–H and O–H groups in total. The molecule has 23 heavy (non-hydrogen) atoms. The summed E-state index contributed by atoms with van der Waals surface area (Å²) in [5, 5.41) is 26.1. The topological polar surface area (TPSA) is 115 Å². The summed E-state index contributed by atoms with van der Waals surface area (Å²) in [6.45, 7) is 4.03. The Bertz CT molecular complexity index is 751. The third-order valence-corrected chi connectivity index (χ3v) is 4.24. The molecule has 0 aromatic carbocycles. The second kappa shape index (κ2) is 5.88. The third kappa shape index (κ3) is 2.61. The van der Waals surface area contributed by atoms with Crippen LogP contribution in [0.2, 0.25) is 0 Å². The summed E-state index contributed by atoms with van der Waals surface area (Å²) < 4.78 is 3.93. The minimum Gasteiger partial charge on any atom is -0.319 e. The van der Waals surface area contributed by atoms with Crippen LogP contribution >= 0.6 is 0 Å². The van der Waals surface area contributed by atoms with Crippen LogP contribution < -0.4 is 5.32 Å².